The van der Waals surface area contributed by atoms with Crippen LogP contribution in [0.3, 0.4) is 0 Å². The molecule has 0 aromatic carbocycles. The van der Waals surface area contributed by atoms with Crippen molar-refractivity contribution in [1.82, 2.24) is 20.3 Å². The van der Waals surface area contributed by atoms with Crippen molar-refractivity contribution in [2.45, 2.75) is 77.4 Å². The molecule has 2 aromatic heterocycles. The van der Waals surface area contributed by atoms with Gasteiger partial charge in [-0.15, -0.1) is 22.7 Å². The minimum Gasteiger partial charge on any atom is -0.450 e. The molecule has 206 valence electrons. The molecule has 1 aliphatic carbocycles. The zero-order valence-corrected chi connectivity index (χ0v) is 23.8. The highest BCUT2D eigenvalue weighted by Crippen LogP contribution is 2.35. The van der Waals surface area contributed by atoms with Gasteiger partial charge in [0.1, 0.15) is 11.0 Å². The van der Waals surface area contributed by atoms with Gasteiger partial charge in [0.2, 0.25) is 5.91 Å². The molecule has 4 N–H and O–H groups in total. The normalized spacial score (nSPS) is 19.8. The summed E-state index contributed by atoms with van der Waals surface area (Å²) >= 11 is 3.08. The Labute approximate surface area is 226 Å². The molecule has 2 heterocycles. The van der Waals surface area contributed by atoms with E-state index in [9.17, 15) is 18.0 Å². The maximum Gasteiger partial charge on any atom is 0.407 e. The number of hydrogen-bond donors (Lipinski definition) is 4. The third-order valence-electron chi connectivity index (χ3n) is 6.23. The highest BCUT2D eigenvalue weighted by Gasteiger charge is 2.31. The largest absolute Gasteiger partial charge is 0.450 e. The molecular formula is C24H36N4O6S3. The topological polar surface area (TPSA) is 147 Å². The van der Waals surface area contributed by atoms with E-state index in [4.69, 9.17) is 14.3 Å². The van der Waals surface area contributed by atoms with E-state index in [1.165, 1.54) is 11.3 Å². The molecule has 3 rings (SSSR count). The van der Waals surface area contributed by atoms with E-state index in [0.29, 0.717) is 25.7 Å². The smallest absolute Gasteiger partial charge is 0.407 e. The maximum absolute atomic E-state index is 13.4. The fraction of sp³-hybridized carbons (Fsp3) is 0.625. The van der Waals surface area contributed by atoms with Crippen molar-refractivity contribution in [3.8, 4) is 10.6 Å². The summed E-state index contributed by atoms with van der Waals surface area (Å²) in [4.78, 5) is 31.3. The number of nitrogens with zero attached hydrogens (tertiary/aromatic N) is 1. The van der Waals surface area contributed by atoms with Gasteiger partial charge >= 0.3 is 16.4 Å². The predicted octanol–water partition coefficient (Wildman–Crippen LogP) is 4.53. The van der Waals surface area contributed by atoms with Crippen LogP contribution >= 0.6 is 22.7 Å². The van der Waals surface area contributed by atoms with Crippen molar-refractivity contribution < 1.29 is 27.3 Å². The van der Waals surface area contributed by atoms with E-state index in [-0.39, 0.29) is 36.4 Å². The van der Waals surface area contributed by atoms with Crippen LogP contribution in [0.5, 0.6) is 0 Å². The molecule has 2 aromatic rings. The van der Waals surface area contributed by atoms with Crippen molar-refractivity contribution in [2.75, 3.05) is 6.61 Å². The lowest BCUT2D eigenvalue weighted by Crippen LogP contribution is -2.48. The van der Waals surface area contributed by atoms with Gasteiger partial charge in [0.05, 0.1) is 23.2 Å². The zero-order valence-electron chi connectivity index (χ0n) is 21.3. The first-order chi connectivity index (χ1) is 17.5. The van der Waals surface area contributed by atoms with Crippen LogP contribution in [0, 0.1) is 11.8 Å². The van der Waals surface area contributed by atoms with Crippen molar-refractivity contribution in [3.63, 3.8) is 0 Å². The lowest BCUT2D eigenvalue weighted by atomic mass is 9.82. The SMILES string of the molecule is CCOC(=O)NC(CC(C)C)C(=O)NC(CC1CCC(NS(=O)(=O)O)CC1)c1nc(-c2cccs2)cs1. The van der Waals surface area contributed by atoms with Crippen LogP contribution < -0.4 is 15.4 Å². The fourth-order valence-electron chi connectivity index (χ4n) is 4.56. The number of thiazole rings is 1. The number of carbonyl (C=O) groups is 2. The molecule has 1 aliphatic rings. The second-order valence-electron chi connectivity index (χ2n) is 9.70. The number of amides is 2. The Bertz CT molecular complexity index is 1110. The van der Waals surface area contributed by atoms with E-state index in [1.807, 2.05) is 36.7 Å². The molecule has 2 atom stereocenters. The fourth-order valence-corrected chi connectivity index (χ4v) is 6.86. The van der Waals surface area contributed by atoms with Gasteiger partial charge in [-0.25, -0.2) is 9.78 Å². The van der Waals surface area contributed by atoms with E-state index in [0.717, 1.165) is 28.4 Å². The van der Waals surface area contributed by atoms with Crippen LogP contribution in [0.15, 0.2) is 22.9 Å². The summed E-state index contributed by atoms with van der Waals surface area (Å²) in [5.74, 6) is 0.119. The van der Waals surface area contributed by atoms with Gasteiger partial charge in [0, 0.05) is 11.4 Å². The van der Waals surface area contributed by atoms with Crippen LogP contribution in [0.25, 0.3) is 10.6 Å². The molecule has 0 saturated heterocycles. The molecule has 0 radical (unpaired) electrons. The number of alkyl carbamates (subject to hydrolysis) is 1. The molecule has 2 amide bonds. The summed E-state index contributed by atoms with van der Waals surface area (Å²) < 4.78 is 38.7. The Kier molecular flexibility index (Phi) is 10.9. The first kappa shape index (κ1) is 29.5. The third-order valence-corrected chi connectivity index (χ3v) is 8.71. The van der Waals surface area contributed by atoms with Gasteiger partial charge in [0.15, 0.2) is 0 Å². The molecule has 0 aliphatic heterocycles. The van der Waals surface area contributed by atoms with E-state index in [2.05, 4.69) is 15.4 Å². The van der Waals surface area contributed by atoms with Gasteiger partial charge in [-0.1, -0.05) is 19.9 Å². The van der Waals surface area contributed by atoms with E-state index >= 15 is 0 Å². The molecule has 0 spiro atoms. The van der Waals surface area contributed by atoms with Crippen molar-refractivity contribution in [1.29, 1.82) is 0 Å². The number of ether oxygens (including phenoxy) is 1. The van der Waals surface area contributed by atoms with Crippen molar-refractivity contribution in [2.24, 2.45) is 11.8 Å². The quantitative estimate of drug-likeness (QED) is 0.273. The van der Waals surface area contributed by atoms with Crippen LogP contribution in [-0.4, -0.2) is 48.6 Å². The standard InChI is InChI=1S/C24H36N4O6S3/c1-4-34-24(30)27-18(12-15(2)3)22(29)25-19(23-26-20(14-36-23)21-6-5-11-35-21)13-16-7-9-17(10-8-16)28-37(31,32)33/h5-6,11,14-19,28H,4,7-10,12-13H2,1-3H3,(H,25,29)(H,27,30)(H,31,32,33). The average molecular weight is 573 g/mol. The Morgan fingerprint density at radius 1 is 1.19 bits per heavy atom. The van der Waals surface area contributed by atoms with E-state index in [1.54, 1.807) is 18.3 Å². The predicted molar refractivity (Wildman–Crippen MR) is 145 cm³/mol. The summed E-state index contributed by atoms with van der Waals surface area (Å²) in [6.07, 6.45) is 3.17. The number of hydrogen-bond acceptors (Lipinski definition) is 8. The average Bonchev–Trinajstić information content (AvgIpc) is 3.50. The Morgan fingerprint density at radius 3 is 2.51 bits per heavy atom. The van der Waals surface area contributed by atoms with Crippen LogP contribution in [0.4, 0.5) is 4.79 Å². The first-order valence-electron chi connectivity index (χ1n) is 12.5. The van der Waals surface area contributed by atoms with Gasteiger partial charge in [-0.05, 0) is 68.7 Å². The summed E-state index contributed by atoms with van der Waals surface area (Å²) in [5.41, 5.74) is 0.860. The van der Waals surface area contributed by atoms with Gasteiger partial charge < -0.3 is 15.4 Å². The maximum atomic E-state index is 13.4. The Morgan fingerprint density at radius 2 is 1.92 bits per heavy atom. The summed E-state index contributed by atoms with van der Waals surface area (Å²) in [6, 6.07) is 2.57. The summed E-state index contributed by atoms with van der Waals surface area (Å²) in [7, 11) is -4.23. The monoisotopic (exact) mass is 572 g/mol. The van der Waals surface area contributed by atoms with Gasteiger partial charge in [-0.3, -0.25) is 9.35 Å². The van der Waals surface area contributed by atoms with Crippen molar-refractivity contribution >= 4 is 45.0 Å². The minimum atomic E-state index is -4.23. The summed E-state index contributed by atoms with van der Waals surface area (Å²) in [6.45, 7) is 5.89. The first-order valence-corrected chi connectivity index (χ1v) is 15.7. The number of aromatic nitrogens is 1. The molecule has 0 bridgehead atoms. The van der Waals surface area contributed by atoms with Crippen LogP contribution in [0.2, 0.25) is 0 Å². The Hall–Kier alpha value is -2.06. The number of rotatable bonds is 12. The second-order valence-corrected chi connectivity index (χ2v) is 12.7. The number of thiophene rings is 1. The highest BCUT2D eigenvalue weighted by molar-refractivity contribution is 7.83. The highest BCUT2D eigenvalue weighted by atomic mass is 32.2. The minimum absolute atomic E-state index is 0.173. The van der Waals surface area contributed by atoms with Gasteiger partial charge in [-0.2, -0.15) is 13.1 Å². The van der Waals surface area contributed by atoms with Crippen molar-refractivity contribution in [3.05, 3.63) is 27.9 Å². The van der Waals surface area contributed by atoms with Gasteiger partial charge in [0.25, 0.3) is 0 Å². The summed E-state index contributed by atoms with van der Waals surface area (Å²) in [5, 5.41) is 10.6. The lowest BCUT2D eigenvalue weighted by Gasteiger charge is -2.31. The number of nitrogens with one attached hydrogen (secondary N) is 3. The molecule has 10 nitrogen and oxygen atoms in total. The van der Waals surface area contributed by atoms with Crippen LogP contribution in [0.1, 0.15) is 70.3 Å². The second kappa shape index (κ2) is 13.7. The number of carbonyl (C=O) groups excluding carboxylic acids is 2. The molecule has 1 saturated carbocycles. The zero-order chi connectivity index (χ0) is 27.0. The Balaban J connectivity index is 1.75. The molecule has 1 fully saturated rings. The molecule has 13 heteroatoms. The third kappa shape index (κ3) is 9.64. The molecular weight excluding hydrogens is 536 g/mol. The van der Waals surface area contributed by atoms with E-state index < -0.39 is 22.4 Å². The molecule has 2 unspecified atom stereocenters. The van der Waals surface area contributed by atoms with Crippen LogP contribution in [-0.2, 0) is 19.8 Å². The lowest BCUT2D eigenvalue weighted by molar-refractivity contribution is -0.124. The molecule has 37 heavy (non-hydrogen) atoms.